The first-order chi connectivity index (χ1) is 16.1. The summed E-state index contributed by atoms with van der Waals surface area (Å²) in [7, 11) is 1.58. The molecule has 0 saturated carbocycles. The molecule has 1 aromatic heterocycles. The molecule has 10 nitrogen and oxygen atoms in total. The molecule has 0 unspecified atom stereocenters. The molecule has 1 atom stereocenters. The van der Waals surface area contributed by atoms with Crippen molar-refractivity contribution in [2.45, 2.75) is 18.8 Å². The molecule has 1 aromatic carbocycles. The molecule has 3 rings (SSSR count). The standard InChI is InChI=1S/C19H20F2N4O6.CH2F2/c1-22-16-9-30-8-15(25-16)13-5-12(2-3-14(13)21)24-18(26)17-10(4-11(20)6-23-17)7-31-19(27,28)29;2-1-3/h2-6,15,27-29H,7-9H2,1H3,(H,22,25)(H,24,26);1H2/t15-;/m0./s1. The van der Waals surface area contributed by atoms with Crippen molar-refractivity contribution in [1.82, 2.24) is 10.3 Å². The van der Waals surface area contributed by atoms with Crippen molar-refractivity contribution in [3.05, 3.63) is 58.9 Å². The molecule has 0 bridgehead atoms. The number of hydrogen-bond acceptors (Lipinski definition) is 8. The van der Waals surface area contributed by atoms with Gasteiger partial charge in [-0.05, 0) is 24.3 Å². The van der Waals surface area contributed by atoms with E-state index in [1.54, 1.807) is 7.05 Å². The fraction of sp³-hybridized carbons (Fsp3) is 0.350. The topological polar surface area (TPSA) is 146 Å². The van der Waals surface area contributed by atoms with Gasteiger partial charge in [0.05, 0.1) is 25.5 Å². The van der Waals surface area contributed by atoms with Gasteiger partial charge in [-0.2, -0.15) is 0 Å². The van der Waals surface area contributed by atoms with Crippen LogP contribution in [0.1, 0.15) is 27.7 Å². The Bertz CT molecular complexity index is 1020. The van der Waals surface area contributed by atoms with Crippen LogP contribution in [0.5, 0.6) is 0 Å². The number of pyridine rings is 1. The Kier molecular flexibility index (Phi) is 9.83. The summed E-state index contributed by atoms with van der Waals surface area (Å²) in [5.74, 6) is -1.57. The number of halogens is 4. The molecule has 34 heavy (non-hydrogen) atoms. The van der Waals surface area contributed by atoms with Gasteiger partial charge in [0.25, 0.3) is 5.91 Å². The third-order valence-corrected chi connectivity index (χ3v) is 4.33. The Hall–Kier alpha value is -3.17. The van der Waals surface area contributed by atoms with Gasteiger partial charge in [-0.25, -0.2) is 22.5 Å². The van der Waals surface area contributed by atoms with E-state index in [0.29, 0.717) is 5.84 Å². The van der Waals surface area contributed by atoms with Crippen LogP contribution in [0.3, 0.4) is 0 Å². The molecule has 2 heterocycles. The van der Waals surface area contributed by atoms with Crippen LogP contribution in [0.15, 0.2) is 35.5 Å². The highest BCUT2D eigenvalue weighted by Crippen LogP contribution is 2.24. The first kappa shape index (κ1) is 27.1. The highest BCUT2D eigenvalue weighted by atomic mass is 19.3. The van der Waals surface area contributed by atoms with Crippen LogP contribution < -0.4 is 10.6 Å². The van der Waals surface area contributed by atoms with E-state index in [1.807, 2.05) is 0 Å². The molecule has 0 spiro atoms. The number of amidine groups is 1. The lowest BCUT2D eigenvalue weighted by Gasteiger charge is -2.27. The number of aliphatic hydroxyl groups is 3. The van der Waals surface area contributed by atoms with Crippen molar-refractivity contribution in [2.75, 3.05) is 32.5 Å². The van der Waals surface area contributed by atoms with Crippen LogP contribution in [0.25, 0.3) is 0 Å². The number of aliphatic imine (C=N–C) groups is 1. The summed E-state index contributed by atoms with van der Waals surface area (Å²) < 4.78 is 56.9. The van der Waals surface area contributed by atoms with Gasteiger partial charge in [-0.1, -0.05) is 0 Å². The van der Waals surface area contributed by atoms with Crippen molar-refractivity contribution in [2.24, 2.45) is 4.99 Å². The molecule has 1 saturated heterocycles. The van der Waals surface area contributed by atoms with Gasteiger partial charge in [0.1, 0.15) is 29.8 Å². The summed E-state index contributed by atoms with van der Waals surface area (Å²) in [5.41, 5.74) is 0.00558. The Labute approximate surface area is 190 Å². The van der Waals surface area contributed by atoms with Crippen LogP contribution in [0.4, 0.5) is 23.2 Å². The quantitative estimate of drug-likeness (QED) is 0.301. The summed E-state index contributed by atoms with van der Waals surface area (Å²) in [6, 6.07) is 4.27. The van der Waals surface area contributed by atoms with Crippen LogP contribution in [0.2, 0.25) is 0 Å². The molecular formula is C20H22F4N4O6. The second-order valence-corrected chi connectivity index (χ2v) is 6.70. The zero-order valence-electron chi connectivity index (χ0n) is 17.8. The molecule has 14 heteroatoms. The SMILES string of the molecule is CN=C1COC[C@@H](c2cc(NC(=O)c3ncc(F)cc3COC(O)(O)O)ccc2F)N1.FCF. The highest BCUT2D eigenvalue weighted by molar-refractivity contribution is 6.03. The third kappa shape index (κ3) is 8.00. The molecule has 1 fully saturated rings. The van der Waals surface area contributed by atoms with Crippen molar-refractivity contribution < 1.29 is 47.1 Å². The number of amides is 1. The number of morpholine rings is 1. The Morgan fingerprint density at radius 3 is 2.68 bits per heavy atom. The number of aromatic nitrogens is 1. The lowest BCUT2D eigenvalue weighted by molar-refractivity contribution is -0.458. The summed E-state index contributed by atoms with van der Waals surface area (Å²) in [6.07, 6.45) is -2.69. The predicted octanol–water partition coefficient (Wildman–Crippen LogP) is 1.29. The maximum atomic E-state index is 14.4. The van der Waals surface area contributed by atoms with Gasteiger partial charge in [0.15, 0.2) is 0 Å². The van der Waals surface area contributed by atoms with Crippen LogP contribution in [-0.2, 0) is 16.1 Å². The monoisotopic (exact) mass is 490 g/mol. The minimum absolute atomic E-state index is 0.160. The number of nitrogens with zero attached hydrogens (tertiary/aromatic N) is 2. The first-order valence-corrected chi connectivity index (χ1v) is 9.56. The molecule has 186 valence electrons. The van der Waals surface area contributed by atoms with E-state index >= 15 is 0 Å². The van der Waals surface area contributed by atoms with Crippen LogP contribution >= 0.6 is 0 Å². The van der Waals surface area contributed by atoms with E-state index in [9.17, 15) is 22.4 Å². The van der Waals surface area contributed by atoms with Crippen LogP contribution in [-0.4, -0.2) is 65.4 Å². The van der Waals surface area contributed by atoms with E-state index in [-0.39, 0.29) is 35.7 Å². The lowest BCUT2D eigenvalue weighted by atomic mass is 10.0. The number of rotatable bonds is 6. The maximum Gasteiger partial charge on any atom is 0.405 e. The zero-order valence-corrected chi connectivity index (χ0v) is 17.8. The third-order valence-electron chi connectivity index (χ3n) is 4.33. The van der Waals surface area contributed by atoms with E-state index in [1.165, 1.54) is 18.2 Å². The number of carbonyl (C=O) groups is 1. The van der Waals surface area contributed by atoms with E-state index in [2.05, 4.69) is 25.3 Å². The number of nitrogens with one attached hydrogen (secondary N) is 2. The van der Waals surface area contributed by atoms with Crippen molar-refractivity contribution >= 4 is 17.4 Å². The molecule has 1 aliphatic rings. The number of benzene rings is 1. The zero-order chi connectivity index (χ0) is 25.3. The highest BCUT2D eigenvalue weighted by Gasteiger charge is 2.24. The number of carbonyl (C=O) groups excluding carboxylic acids is 1. The Morgan fingerprint density at radius 1 is 1.32 bits per heavy atom. The van der Waals surface area contributed by atoms with Crippen molar-refractivity contribution in [1.29, 1.82) is 0 Å². The molecule has 0 radical (unpaired) electrons. The van der Waals surface area contributed by atoms with E-state index < -0.39 is 43.3 Å². The van der Waals surface area contributed by atoms with Gasteiger partial charge in [0, 0.05) is 23.9 Å². The van der Waals surface area contributed by atoms with Gasteiger partial charge in [0.2, 0.25) is 6.93 Å². The molecular weight excluding hydrogens is 468 g/mol. The fourth-order valence-electron chi connectivity index (χ4n) is 2.90. The largest absolute Gasteiger partial charge is 0.405 e. The Balaban J connectivity index is 0.00000129. The first-order valence-electron chi connectivity index (χ1n) is 9.56. The summed E-state index contributed by atoms with van der Waals surface area (Å²) >= 11 is 0. The summed E-state index contributed by atoms with van der Waals surface area (Å²) in [5, 5.41) is 32.1. The van der Waals surface area contributed by atoms with Gasteiger partial charge in [-0.15, -0.1) is 0 Å². The number of alkyl halides is 2. The molecule has 2 aromatic rings. The summed E-state index contributed by atoms with van der Waals surface area (Å²) in [6.45, 7) is -2.00. The van der Waals surface area contributed by atoms with E-state index in [0.717, 1.165) is 12.3 Å². The Morgan fingerprint density at radius 2 is 2.03 bits per heavy atom. The maximum absolute atomic E-state index is 14.4. The second kappa shape index (κ2) is 12.3. The van der Waals surface area contributed by atoms with Crippen LogP contribution in [0, 0.1) is 11.6 Å². The second-order valence-electron chi connectivity index (χ2n) is 6.70. The number of ether oxygens (including phenoxy) is 2. The average Bonchev–Trinajstić information content (AvgIpc) is 2.79. The minimum Gasteiger partial charge on any atom is -0.371 e. The van der Waals surface area contributed by atoms with Gasteiger partial charge < -0.3 is 30.7 Å². The van der Waals surface area contributed by atoms with Crippen molar-refractivity contribution in [3.8, 4) is 0 Å². The van der Waals surface area contributed by atoms with E-state index in [4.69, 9.17) is 20.1 Å². The molecule has 5 N–H and O–H groups in total. The minimum atomic E-state index is -3.47. The summed E-state index contributed by atoms with van der Waals surface area (Å²) in [4.78, 5) is 20.3. The lowest BCUT2D eigenvalue weighted by Crippen LogP contribution is -2.40. The smallest absolute Gasteiger partial charge is 0.371 e. The van der Waals surface area contributed by atoms with Gasteiger partial charge >= 0.3 is 6.16 Å². The average molecular weight is 490 g/mol. The number of hydrogen-bond donors (Lipinski definition) is 5. The molecule has 0 aliphatic carbocycles. The normalized spacial score (nSPS) is 16.9. The fourth-order valence-corrected chi connectivity index (χ4v) is 2.90. The molecule has 1 amide bonds. The van der Waals surface area contributed by atoms with Gasteiger partial charge in [-0.3, -0.25) is 14.5 Å². The van der Waals surface area contributed by atoms with Crippen molar-refractivity contribution in [3.63, 3.8) is 0 Å². The molecule has 1 aliphatic heterocycles. The predicted molar refractivity (Wildman–Crippen MR) is 110 cm³/mol. The number of anilines is 1.